The van der Waals surface area contributed by atoms with E-state index in [1.165, 1.54) is 19.2 Å². The lowest BCUT2D eigenvalue weighted by molar-refractivity contribution is -0.118. The summed E-state index contributed by atoms with van der Waals surface area (Å²) in [7, 11) is 0. The normalized spacial score (nSPS) is 23.7. The van der Waals surface area contributed by atoms with Crippen LogP contribution in [0.2, 0.25) is 0 Å². The second-order valence-corrected chi connectivity index (χ2v) is 9.79. The molecule has 1 aliphatic heterocycles. The molecule has 0 bridgehead atoms. The topological polar surface area (TPSA) is 42.0 Å². The predicted molar refractivity (Wildman–Crippen MR) is 115 cm³/mol. The van der Waals surface area contributed by atoms with Crippen LogP contribution in [0.5, 0.6) is 0 Å². The third-order valence-corrected chi connectivity index (χ3v) is 6.50. The molecular weight excluding hydrogens is 401 g/mol. The van der Waals surface area contributed by atoms with Gasteiger partial charge in [0, 0.05) is 41.9 Å². The number of aromatic nitrogens is 1. The zero-order valence-electron chi connectivity index (χ0n) is 18.4. The van der Waals surface area contributed by atoms with E-state index in [-0.39, 0.29) is 16.8 Å². The van der Waals surface area contributed by atoms with Crippen molar-refractivity contribution in [3.05, 3.63) is 70.1 Å². The molecule has 31 heavy (non-hydrogen) atoms. The number of hydrogen-bond donors (Lipinski definition) is 1. The van der Waals surface area contributed by atoms with Crippen LogP contribution in [0.1, 0.15) is 75.9 Å². The third kappa shape index (κ3) is 3.56. The van der Waals surface area contributed by atoms with Crippen LogP contribution in [0.3, 0.4) is 0 Å². The number of carbonyl (C=O) groups is 1. The summed E-state index contributed by atoms with van der Waals surface area (Å²) in [6.45, 7) is 8.20. The molecule has 2 atom stereocenters. The highest BCUT2D eigenvalue weighted by atomic mass is 19.3. The molecule has 4 rings (SSSR count). The van der Waals surface area contributed by atoms with Crippen molar-refractivity contribution in [1.29, 1.82) is 0 Å². The minimum atomic E-state index is -3.08. The minimum absolute atomic E-state index is 0.0285. The summed E-state index contributed by atoms with van der Waals surface area (Å²) in [6, 6.07) is 8.42. The highest BCUT2D eigenvalue weighted by Gasteiger charge is 2.48. The fourth-order valence-electron chi connectivity index (χ4n) is 4.87. The summed E-state index contributed by atoms with van der Waals surface area (Å²) in [5, 5.41) is 3.25. The highest BCUT2D eigenvalue weighted by molar-refractivity contribution is 6.02. The number of alkyl halides is 3. The minimum Gasteiger partial charge on any atom is -0.343 e. The van der Waals surface area contributed by atoms with Crippen molar-refractivity contribution in [3.8, 4) is 0 Å². The lowest BCUT2D eigenvalue weighted by atomic mass is 9.61. The van der Waals surface area contributed by atoms with Crippen LogP contribution >= 0.6 is 0 Å². The molecule has 0 saturated carbocycles. The van der Waals surface area contributed by atoms with Gasteiger partial charge in [0.1, 0.15) is 12.0 Å². The number of halogens is 3. The van der Waals surface area contributed by atoms with Crippen LogP contribution in [0.25, 0.3) is 0 Å². The van der Waals surface area contributed by atoms with E-state index in [4.69, 9.17) is 0 Å². The fourth-order valence-corrected chi connectivity index (χ4v) is 4.87. The number of fused-ring (bicyclic) bond motifs is 1. The maximum atomic E-state index is 14.2. The number of pyridine rings is 1. The number of carbonyl (C=O) groups excluding carboxylic acids is 1. The first-order valence-electron chi connectivity index (χ1n) is 10.5. The van der Waals surface area contributed by atoms with Gasteiger partial charge in [-0.3, -0.25) is 4.79 Å². The van der Waals surface area contributed by atoms with Crippen molar-refractivity contribution in [2.75, 3.05) is 5.32 Å². The van der Waals surface area contributed by atoms with E-state index in [0.29, 0.717) is 40.9 Å². The molecule has 0 fully saturated rings. The Morgan fingerprint density at radius 1 is 1.16 bits per heavy atom. The van der Waals surface area contributed by atoms with Crippen LogP contribution in [0, 0.1) is 5.41 Å². The van der Waals surface area contributed by atoms with Gasteiger partial charge in [-0.25, -0.2) is 18.2 Å². The highest BCUT2D eigenvalue weighted by Crippen LogP contribution is 2.52. The Kier molecular flexibility index (Phi) is 4.83. The molecular formula is C25H27F3N2O. The molecule has 1 aromatic carbocycles. The Labute approximate surface area is 180 Å². The van der Waals surface area contributed by atoms with Gasteiger partial charge in [0.15, 0.2) is 5.78 Å². The molecule has 0 amide bonds. The standard InChI is InChI=1S/C25H27F3N2O/c1-14(26)15-7-6-8-16(9-15)24(4)18-10-17(25(5,27)28)13-29-22(18)30-19-11-23(2,3)12-20(31)21(19)24/h6-10,13-14H,11-12H2,1-5H3,(H,29,30)/t14?,24-/m0/s1. The van der Waals surface area contributed by atoms with E-state index in [0.717, 1.165) is 12.6 Å². The summed E-state index contributed by atoms with van der Waals surface area (Å²) in [5.74, 6) is -2.65. The summed E-state index contributed by atoms with van der Waals surface area (Å²) in [6.07, 6.45) is 0.974. The Morgan fingerprint density at radius 3 is 2.52 bits per heavy atom. The first-order chi connectivity index (χ1) is 14.3. The van der Waals surface area contributed by atoms with Crippen LogP contribution in [-0.4, -0.2) is 10.8 Å². The van der Waals surface area contributed by atoms with E-state index in [2.05, 4.69) is 10.3 Å². The maximum Gasteiger partial charge on any atom is 0.272 e. The summed E-state index contributed by atoms with van der Waals surface area (Å²) >= 11 is 0. The Morgan fingerprint density at radius 2 is 1.87 bits per heavy atom. The monoisotopic (exact) mass is 428 g/mol. The smallest absolute Gasteiger partial charge is 0.272 e. The van der Waals surface area contributed by atoms with Crippen molar-refractivity contribution < 1.29 is 18.0 Å². The van der Waals surface area contributed by atoms with Crippen molar-refractivity contribution in [1.82, 2.24) is 4.98 Å². The summed E-state index contributed by atoms with van der Waals surface area (Å²) < 4.78 is 42.5. The summed E-state index contributed by atoms with van der Waals surface area (Å²) in [4.78, 5) is 17.7. The SMILES string of the molecule is CC(F)c1cccc([C@]2(C)C3=C(CC(C)(C)CC3=O)Nc3ncc(C(C)(F)F)cc32)c1. The van der Waals surface area contributed by atoms with E-state index < -0.39 is 17.5 Å². The summed E-state index contributed by atoms with van der Waals surface area (Å²) in [5.41, 5.74) is 1.52. The average Bonchev–Trinajstić information content (AvgIpc) is 2.65. The van der Waals surface area contributed by atoms with Crippen molar-refractivity contribution in [2.45, 2.75) is 65.0 Å². The fraction of sp³-hybridized carbons (Fsp3) is 0.440. The first kappa shape index (κ1) is 21.6. The number of hydrogen-bond acceptors (Lipinski definition) is 3. The Hall–Kier alpha value is -2.63. The van der Waals surface area contributed by atoms with Crippen molar-refractivity contribution in [3.63, 3.8) is 0 Å². The van der Waals surface area contributed by atoms with Gasteiger partial charge in [-0.1, -0.05) is 38.1 Å². The molecule has 0 saturated heterocycles. The quantitative estimate of drug-likeness (QED) is 0.599. The van der Waals surface area contributed by atoms with Crippen LogP contribution < -0.4 is 5.32 Å². The number of nitrogens with one attached hydrogen (secondary N) is 1. The molecule has 2 aromatic rings. The first-order valence-corrected chi connectivity index (χ1v) is 10.5. The third-order valence-electron chi connectivity index (χ3n) is 6.50. The molecule has 1 N–H and O–H groups in total. The Balaban J connectivity index is 2.03. The van der Waals surface area contributed by atoms with Gasteiger partial charge in [-0.2, -0.15) is 0 Å². The number of nitrogens with zero attached hydrogens (tertiary/aromatic N) is 1. The Bertz CT molecular complexity index is 1100. The van der Waals surface area contributed by atoms with Crippen LogP contribution in [0.4, 0.5) is 19.0 Å². The number of allylic oxidation sites excluding steroid dienone is 2. The molecule has 1 unspecified atom stereocenters. The maximum absolute atomic E-state index is 14.2. The number of Topliss-reactive ketones (excluding diaryl/α,β-unsaturated/α-hetero) is 1. The molecule has 2 heterocycles. The molecule has 6 heteroatoms. The molecule has 1 aromatic heterocycles. The number of ketones is 1. The van der Waals surface area contributed by atoms with Gasteiger partial charge in [0.2, 0.25) is 0 Å². The lowest BCUT2D eigenvalue weighted by Crippen LogP contribution is -2.42. The van der Waals surface area contributed by atoms with Gasteiger partial charge in [-0.05, 0) is 42.9 Å². The van der Waals surface area contributed by atoms with E-state index in [1.807, 2.05) is 26.8 Å². The number of anilines is 1. The molecule has 2 aliphatic rings. The number of benzene rings is 1. The largest absolute Gasteiger partial charge is 0.343 e. The molecule has 3 nitrogen and oxygen atoms in total. The number of rotatable bonds is 3. The van der Waals surface area contributed by atoms with E-state index >= 15 is 0 Å². The molecule has 0 spiro atoms. The van der Waals surface area contributed by atoms with Gasteiger partial charge >= 0.3 is 0 Å². The van der Waals surface area contributed by atoms with Crippen LogP contribution in [0.15, 0.2) is 47.8 Å². The lowest BCUT2D eigenvalue weighted by Gasteiger charge is -2.44. The van der Waals surface area contributed by atoms with E-state index in [1.54, 1.807) is 18.2 Å². The van der Waals surface area contributed by atoms with Gasteiger partial charge in [0.25, 0.3) is 5.92 Å². The van der Waals surface area contributed by atoms with Gasteiger partial charge < -0.3 is 5.32 Å². The molecule has 164 valence electrons. The second-order valence-electron chi connectivity index (χ2n) is 9.79. The van der Waals surface area contributed by atoms with Crippen LogP contribution in [-0.2, 0) is 16.1 Å². The van der Waals surface area contributed by atoms with Crippen molar-refractivity contribution in [2.24, 2.45) is 5.41 Å². The van der Waals surface area contributed by atoms with Gasteiger partial charge in [-0.15, -0.1) is 0 Å². The van der Waals surface area contributed by atoms with Gasteiger partial charge in [0.05, 0.1) is 5.41 Å². The molecule has 1 aliphatic carbocycles. The predicted octanol–water partition coefficient (Wildman–Crippen LogP) is 6.60. The zero-order valence-corrected chi connectivity index (χ0v) is 18.4. The molecule has 0 radical (unpaired) electrons. The average molecular weight is 428 g/mol. The van der Waals surface area contributed by atoms with Crippen molar-refractivity contribution >= 4 is 11.6 Å². The zero-order chi connectivity index (χ0) is 22.8. The second kappa shape index (κ2) is 6.94. The van der Waals surface area contributed by atoms with E-state index in [9.17, 15) is 18.0 Å².